The number of hydrogen-bond acceptors (Lipinski definition) is 3. The first-order chi connectivity index (χ1) is 9.20. The minimum absolute atomic E-state index is 0. The molecule has 1 aromatic heterocycles. The van der Waals surface area contributed by atoms with E-state index in [4.69, 9.17) is 11.6 Å². The summed E-state index contributed by atoms with van der Waals surface area (Å²) in [7, 11) is 1.80. The van der Waals surface area contributed by atoms with Gasteiger partial charge >= 0.3 is 0 Å². The Morgan fingerprint density at radius 3 is 2.65 bits per heavy atom. The third kappa shape index (κ3) is 4.82. The molecule has 7 heteroatoms. The molecular weight excluding hydrogens is 407 g/mol. The fraction of sp³-hybridized carbons (Fsp3) is 0.462. The van der Waals surface area contributed by atoms with E-state index in [9.17, 15) is 0 Å². The fourth-order valence-corrected chi connectivity index (χ4v) is 2.95. The van der Waals surface area contributed by atoms with Crippen LogP contribution in [0.5, 0.6) is 0 Å². The zero-order valence-corrected chi connectivity index (χ0v) is 15.4. The molecule has 1 aromatic rings. The Morgan fingerprint density at radius 1 is 1.45 bits per heavy atom. The number of halogens is 2. The Labute approximate surface area is 146 Å². The monoisotopic (exact) mass is 426 g/mol. The van der Waals surface area contributed by atoms with Gasteiger partial charge < -0.3 is 15.1 Å². The number of nitrogens with one attached hydrogen (secondary N) is 1. The number of rotatable bonds is 3. The highest BCUT2D eigenvalue weighted by Gasteiger charge is 2.19. The van der Waals surface area contributed by atoms with Crippen molar-refractivity contribution < 1.29 is 0 Å². The molecule has 0 aromatic carbocycles. The van der Waals surface area contributed by atoms with Gasteiger partial charge in [0.15, 0.2) is 5.96 Å². The van der Waals surface area contributed by atoms with Crippen molar-refractivity contribution in [1.29, 1.82) is 0 Å². The Hall–Kier alpha value is -0.470. The van der Waals surface area contributed by atoms with Crippen LogP contribution in [0, 0.1) is 0 Å². The first-order valence-corrected chi connectivity index (χ1v) is 7.54. The highest BCUT2D eigenvalue weighted by molar-refractivity contribution is 14.0. The normalized spacial score (nSPS) is 15.8. The lowest BCUT2D eigenvalue weighted by atomic mass is 10.3. The molecule has 4 nitrogen and oxygen atoms in total. The maximum absolute atomic E-state index is 5.77. The molecule has 0 radical (unpaired) electrons. The summed E-state index contributed by atoms with van der Waals surface area (Å²) in [5.41, 5.74) is 0. The summed E-state index contributed by atoms with van der Waals surface area (Å²) in [6.45, 7) is 8.19. The summed E-state index contributed by atoms with van der Waals surface area (Å²) in [5, 5.41) is 7.28. The molecule has 112 valence electrons. The number of guanidine groups is 1. The molecule has 0 spiro atoms. The standard InChI is InChI=1S/C13H19ClN4S.HI/c1-11(14)10-16-13(15-2)18-7-5-17(6-8-18)12-4-3-9-19-12;/h3-4,9H,1,5-8,10H2,2H3,(H,15,16);1H. The van der Waals surface area contributed by atoms with Gasteiger partial charge in [-0.15, -0.1) is 35.3 Å². The van der Waals surface area contributed by atoms with Crippen molar-refractivity contribution in [2.24, 2.45) is 4.99 Å². The minimum Gasteiger partial charge on any atom is -0.360 e. The summed E-state index contributed by atoms with van der Waals surface area (Å²) in [5.74, 6) is 0.896. The van der Waals surface area contributed by atoms with E-state index >= 15 is 0 Å². The number of anilines is 1. The summed E-state index contributed by atoms with van der Waals surface area (Å²) >= 11 is 7.56. The molecule has 0 aliphatic carbocycles. The zero-order chi connectivity index (χ0) is 13.7. The van der Waals surface area contributed by atoms with Crippen LogP contribution < -0.4 is 10.2 Å². The first kappa shape index (κ1) is 17.6. The number of hydrogen-bond donors (Lipinski definition) is 1. The van der Waals surface area contributed by atoms with Crippen LogP contribution in [0.15, 0.2) is 34.1 Å². The molecule has 2 rings (SSSR count). The lowest BCUT2D eigenvalue weighted by molar-refractivity contribution is 0.375. The molecule has 1 aliphatic heterocycles. The van der Waals surface area contributed by atoms with Gasteiger partial charge in [0.05, 0.1) is 11.5 Å². The van der Waals surface area contributed by atoms with Crippen LogP contribution in [0.2, 0.25) is 0 Å². The van der Waals surface area contributed by atoms with E-state index in [1.807, 2.05) is 0 Å². The second-order valence-corrected chi connectivity index (χ2v) is 5.80. The molecule has 0 unspecified atom stereocenters. The van der Waals surface area contributed by atoms with E-state index in [1.54, 1.807) is 18.4 Å². The molecule has 0 bridgehead atoms. The average Bonchev–Trinajstić information content (AvgIpc) is 2.94. The maximum atomic E-state index is 5.77. The highest BCUT2D eigenvalue weighted by Crippen LogP contribution is 2.22. The van der Waals surface area contributed by atoms with E-state index < -0.39 is 0 Å². The molecule has 1 N–H and O–H groups in total. The molecular formula is C13H20ClIN4S. The number of nitrogens with zero attached hydrogens (tertiary/aromatic N) is 3. The van der Waals surface area contributed by atoms with E-state index in [2.05, 4.69) is 44.2 Å². The summed E-state index contributed by atoms with van der Waals surface area (Å²) in [6.07, 6.45) is 0. The van der Waals surface area contributed by atoms with Gasteiger partial charge in [-0.05, 0) is 17.5 Å². The maximum Gasteiger partial charge on any atom is 0.194 e. The Morgan fingerprint density at radius 2 is 2.15 bits per heavy atom. The lowest BCUT2D eigenvalue weighted by Crippen LogP contribution is -2.52. The summed E-state index contributed by atoms with van der Waals surface area (Å²) in [6, 6.07) is 4.27. The van der Waals surface area contributed by atoms with Crippen LogP contribution >= 0.6 is 46.9 Å². The largest absolute Gasteiger partial charge is 0.360 e. The topological polar surface area (TPSA) is 30.9 Å². The van der Waals surface area contributed by atoms with E-state index in [-0.39, 0.29) is 24.0 Å². The van der Waals surface area contributed by atoms with E-state index in [1.165, 1.54) is 5.00 Å². The molecule has 2 heterocycles. The van der Waals surface area contributed by atoms with Crippen molar-refractivity contribution in [3.05, 3.63) is 29.1 Å². The van der Waals surface area contributed by atoms with Crippen LogP contribution in [0.25, 0.3) is 0 Å². The van der Waals surface area contributed by atoms with Gasteiger partial charge in [0.25, 0.3) is 0 Å². The molecule has 1 fully saturated rings. The predicted octanol–water partition coefficient (Wildman–Crippen LogP) is 2.82. The smallest absolute Gasteiger partial charge is 0.194 e. The van der Waals surface area contributed by atoms with Gasteiger partial charge in [-0.3, -0.25) is 4.99 Å². The van der Waals surface area contributed by atoms with Gasteiger partial charge in [0.2, 0.25) is 0 Å². The molecule has 1 aliphatic rings. The highest BCUT2D eigenvalue weighted by atomic mass is 127. The first-order valence-electron chi connectivity index (χ1n) is 6.28. The molecule has 0 atom stereocenters. The fourth-order valence-electron chi connectivity index (χ4n) is 2.10. The van der Waals surface area contributed by atoms with Gasteiger partial charge in [-0.1, -0.05) is 18.2 Å². The lowest BCUT2D eigenvalue weighted by Gasteiger charge is -2.37. The van der Waals surface area contributed by atoms with Gasteiger partial charge in [0.1, 0.15) is 0 Å². The van der Waals surface area contributed by atoms with Crippen LogP contribution in [-0.2, 0) is 0 Å². The molecule has 1 saturated heterocycles. The molecule has 20 heavy (non-hydrogen) atoms. The van der Waals surface area contributed by atoms with Gasteiger partial charge in [-0.25, -0.2) is 0 Å². The summed E-state index contributed by atoms with van der Waals surface area (Å²) < 4.78 is 0. The number of piperazine rings is 1. The second kappa shape index (κ2) is 8.74. The summed E-state index contributed by atoms with van der Waals surface area (Å²) in [4.78, 5) is 8.95. The van der Waals surface area contributed by atoms with Gasteiger partial charge in [0, 0.05) is 38.3 Å². The Kier molecular flexibility index (Phi) is 7.68. The Bertz CT molecular complexity index is 441. The minimum atomic E-state index is 0. The average molecular weight is 427 g/mol. The van der Waals surface area contributed by atoms with E-state index in [0.29, 0.717) is 11.6 Å². The van der Waals surface area contributed by atoms with Crippen LogP contribution in [0.4, 0.5) is 5.00 Å². The van der Waals surface area contributed by atoms with E-state index in [0.717, 1.165) is 32.1 Å². The van der Waals surface area contributed by atoms with Crippen molar-refractivity contribution in [2.45, 2.75) is 0 Å². The zero-order valence-electron chi connectivity index (χ0n) is 11.5. The van der Waals surface area contributed by atoms with Gasteiger partial charge in [-0.2, -0.15) is 0 Å². The van der Waals surface area contributed by atoms with Crippen molar-refractivity contribution in [3.63, 3.8) is 0 Å². The third-order valence-corrected chi connectivity index (χ3v) is 4.11. The van der Waals surface area contributed by atoms with Crippen LogP contribution in [0.3, 0.4) is 0 Å². The van der Waals surface area contributed by atoms with Crippen molar-refractivity contribution >= 4 is 57.9 Å². The van der Waals surface area contributed by atoms with Crippen molar-refractivity contribution in [3.8, 4) is 0 Å². The molecule has 0 saturated carbocycles. The van der Waals surface area contributed by atoms with Crippen LogP contribution in [0.1, 0.15) is 0 Å². The van der Waals surface area contributed by atoms with Crippen molar-refractivity contribution in [1.82, 2.24) is 10.2 Å². The predicted molar refractivity (Wildman–Crippen MR) is 99.9 cm³/mol. The van der Waals surface area contributed by atoms with Crippen LogP contribution in [-0.4, -0.2) is 50.6 Å². The van der Waals surface area contributed by atoms with Crippen molar-refractivity contribution in [2.75, 3.05) is 44.7 Å². The Balaban J connectivity index is 0.00000200. The SMILES string of the molecule is C=C(Cl)CNC(=NC)N1CCN(c2cccs2)CC1.I. The number of aliphatic imine (C=N–C) groups is 1. The number of thiophene rings is 1. The quantitative estimate of drug-likeness (QED) is 0.458. The molecule has 0 amide bonds. The second-order valence-electron chi connectivity index (χ2n) is 4.34. The third-order valence-electron chi connectivity index (χ3n) is 3.05.